The first-order valence-corrected chi connectivity index (χ1v) is 3.43. The van der Waals surface area contributed by atoms with Gasteiger partial charge in [0.25, 0.3) is 0 Å². The first kappa shape index (κ1) is 7.94. The maximum absolute atomic E-state index is 10.1. The largest absolute Gasteiger partial charge is 0.381 e. The SMILES string of the molecule is CCn1cc(C(O)C=O)cn1. The molecule has 60 valence electrons. The highest BCUT2D eigenvalue weighted by molar-refractivity contribution is 5.58. The Morgan fingerprint density at radius 1 is 1.91 bits per heavy atom. The molecule has 1 N–H and O–H groups in total. The lowest BCUT2D eigenvalue weighted by Crippen LogP contribution is -1.96. The molecule has 0 amide bonds. The van der Waals surface area contributed by atoms with Crippen molar-refractivity contribution in [3.05, 3.63) is 18.0 Å². The minimum absolute atomic E-state index is 0.483. The normalized spacial score (nSPS) is 12.9. The number of aliphatic hydroxyl groups excluding tert-OH is 1. The number of aldehydes is 1. The van der Waals surface area contributed by atoms with Crippen LogP contribution < -0.4 is 0 Å². The Labute approximate surface area is 64.5 Å². The van der Waals surface area contributed by atoms with Crippen LogP contribution in [0.1, 0.15) is 18.6 Å². The number of aromatic nitrogens is 2. The Kier molecular flexibility index (Phi) is 2.38. The van der Waals surface area contributed by atoms with E-state index in [4.69, 9.17) is 5.11 Å². The molecule has 0 aliphatic carbocycles. The molecule has 1 rings (SSSR count). The predicted octanol–water partition coefficient (Wildman–Crippen LogP) is 0.135. The molecule has 0 saturated heterocycles. The van der Waals surface area contributed by atoms with Gasteiger partial charge >= 0.3 is 0 Å². The number of aliphatic hydroxyl groups is 1. The second-order valence-corrected chi connectivity index (χ2v) is 2.21. The Morgan fingerprint density at radius 2 is 2.64 bits per heavy atom. The van der Waals surface area contributed by atoms with Crippen LogP contribution in [0.2, 0.25) is 0 Å². The number of rotatable bonds is 3. The molecule has 0 fully saturated rings. The van der Waals surface area contributed by atoms with E-state index in [-0.39, 0.29) is 0 Å². The highest BCUT2D eigenvalue weighted by atomic mass is 16.3. The summed E-state index contributed by atoms with van der Waals surface area (Å²) in [5, 5.41) is 12.9. The summed E-state index contributed by atoms with van der Waals surface area (Å²) in [5.74, 6) is 0. The average molecular weight is 154 g/mol. The summed E-state index contributed by atoms with van der Waals surface area (Å²) in [4.78, 5) is 10.1. The number of hydrogen-bond donors (Lipinski definition) is 1. The standard InChI is InChI=1S/C7H10N2O2/c1-2-9-4-6(3-8-9)7(11)5-10/h3-5,7,11H,2H2,1H3. The van der Waals surface area contributed by atoms with Crippen molar-refractivity contribution in [1.82, 2.24) is 9.78 Å². The van der Waals surface area contributed by atoms with Crippen LogP contribution >= 0.6 is 0 Å². The van der Waals surface area contributed by atoms with Gasteiger partial charge in [0, 0.05) is 18.3 Å². The molecule has 0 aliphatic heterocycles. The second-order valence-electron chi connectivity index (χ2n) is 2.21. The van der Waals surface area contributed by atoms with E-state index in [9.17, 15) is 4.79 Å². The zero-order valence-electron chi connectivity index (χ0n) is 6.27. The van der Waals surface area contributed by atoms with E-state index in [1.54, 1.807) is 10.9 Å². The lowest BCUT2D eigenvalue weighted by molar-refractivity contribution is -0.115. The Hall–Kier alpha value is -1.16. The highest BCUT2D eigenvalue weighted by Crippen LogP contribution is 2.07. The van der Waals surface area contributed by atoms with Gasteiger partial charge in [-0.1, -0.05) is 0 Å². The third-order valence-electron chi connectivity index (χ3n) is 1.45. The minimum atomic E-state index is -1.03. The third kappa shape index (κ3) is 1.65. The molecule has 1 heterocycles. The lowest BCUT2D eigenvalue weighted by Gasteiger charge is -1.95. The number of aryl methyl sites for hydroxylation is 1. The summed E-state index contributed by atoms with van der Waals surface area (Å²) in [7, 11) is 0. The monoisotopic (exact) mass is 154 g/mol. The van der Waals surface area contributed by atoms with Crippen molar-refractivity contribution < 1.29 is 9.90 Å². The topological polar surface area (TPSA) is 55.1 Å². The van der Waals surface area contributed by atoms with Crippen LogP contribution in [-0.2, 0) is 11.3 Å². The summed E-state index contributed by atoms with van der Waals surface area (Å²) in [5.41, 5.74) is 0.543. The van der Waals surface area contributed by atoms with E-state index < -0.39 is 6.10 Å². The first-order chi connectivity index (χ1) is 5.27. The molecule has 4 heteroatoms. The van der Waals surface area contributed by atoms with Gasteiger partial charge < -0.3 is 9.90 Å². The van der Waals surface area contributed by atoms with Crippen molar-refractivity contribution in [1.29, 1.82) is 0 Å². The van der Waals surface area contributed by atoms with Gasteiger partial charge in [-0.2, -0.15) is 5.10 Å². The minimum Gasteiger partial charge on any atom is -0.381 e. The summed E-state index contributed by atoms with van der Waals surface area (Å²) < 4.78 is 1.65. The maximum Gasteiger partial charge on any atom is 0.153 e. The first-order valence-electron chi connectivity index (χ1n) is 3.43. The lowest BCUT2D eigenvalue weighted by atomic mass is 10.2. The smallest absolute Gasteiger partial charge is 0.153 e. The van der Waals surface area contributed by atoms with Gasteiger partial charge in [-0.3, -0.25) is 4.68 Å². The molecule has 0 spiro atoms. The highest BCUT2D eigenvalue weighted by Gasteiger charge is 2.06. The molecule has 0 saturated carbocycles. The Bertz CT molecular complexity index is 244. The van der Waals surface area contributed by atoms with Gasteiger partial charge in [-0.05, 0) is 6.92 Å². The zero-order chi connectivity index (χ0) is 8.27. The molecule has 1 unspecified atom stereocenters. The van der Waals surface area contributed by atoms with E-state index in [0.29, 0.717) is 11.8 Å². The summed E-state index contributed by atoms with van der Waals surface area (Å²) in [6, 6.07) is 0. The van der Waals surface area contributed by atoms with E-state index in [0.717, 1.165) is 6.54 Å². The van der Waals surface area contributed by atoms with Crippen molar-refractivity contribution in [2.75, 3.05) is 0 Å². The fourth-order valence-corrected chi connectivity index (χ4v) is 0.784. The molecule has 0 radical (unpaired) electrons. The summed E-state index contributed by atoms with van der Waals surface area (Å²) in [6.45, 7) is 2.68. The van der Waals surface area contributed by atoms with E-state index >= 15 is 0 Å². The molecule has 11 heavy (non-hydrogen) atoms. The fourth-order valence-electron chi connectivity index (χ4n) is 0.784. The van der Waals surface area contributed by atoms with Gasteiger partial charge in [-0.15, -0.1) is 0 Å². The van der Waals surface area contributed by atoms with Gasteiger partial charge in [0.1, 0.15) is 6.10 Å². The van der Waals surface area contributed by atoms with Crippen molar-refractivity contribution >= 4 is 6.29 Å². The summed E-state index contributed by atoms with van der Waals surface area (Å²) >= 11 is 0. The predicted molar refractivity (Wildman–Crippen MR) is 38.9 cm³/mol. The fraction of sp³-hybridized carbons (Fsp3) is 0.429. The van der Waals surface area contributed by atoms with Gasteiger partial charge in [0.05, 0.1) is 6.20 Å². The van der Waals surface area contributed by atoms with E-state index in [1.165, 1.54) is 6.20 Å². The van der Waals surface area contributed by atoms with Crippen LogP contribution in [0.4, 0.5) is 0 Å². The molecule has 0 aliphatic rings. The molecule has 1 aromatic heterocycles. The van der Waals surface area contributed by atoms with Crippen LogP contribution in [0, 0.1) is 0 Å². The zero-order valence-corrected chi connectivity index (χ0v) is 6.27. The van der Waals surface area contributed by atoms with E-state index in [1.807, 2.05) is 6.92 Å². The van der Waals surface area contributed by atoms with Crippen LogP contribution in [-0.4, -0.2) is 21.2 Å². The van der Waals surface area contributed by atoms with Gasteiger partial charge in [0.15, 0.2) is 6.29 Å². The molecular formula is C7H10N2O2. The molecule has 4 nitrogen and oxygen atoms in total. The quantitative estimate of drug-likeness (QED) is 0.630. The number of hydrogen-bond acceptors (Lipinski definition) is 3. The number of carbonyl (C=O) groups excluding carboxylic acids is 1. The van der Waals surface area contributed by atoms with Crippen molar-refractivity contribution in [3.8, 4) is 0 Å². The molecule has 0 aromatic carbocycles. The van der Waals surface area contributed by atoms with Gasteiger partial charge in [-0.25, -0.2) is 0 Å². The maximum atomic E-state index is 10.1. The Morgan fingerprint density at radius 3 is 3.09 bits per heavy atom. The molecule has 1 aromatic rings. The van der Waals surface area contributed by atoms with E-state index in [2.05, 4.69) is 5.10 Å². The van der Waals surface area contributed by atoms with Crippen LogP contribution in [0.15, 0.2) is 12.4 Å². The summed E-state index contributed by atoms with van der Waals surface area (Å²) in [6.07, 6.45) is 2.59. The molecular weight excluding hydrogens is 144 g/mol. The van der Waals surface area contributed by atoms with Crippen LogP contribution in [0.5, 0.6) is 0 Å². The molecule has 1 atom stereocenters. The average Bonchev–Trinajstić information content (AvgIpc) is 2.50. The van der Waals surface area contributed by atoms with Crippen molar-refractivity contribution in [2.24, 2.45) is 0 Å². The molecule has 0 bridgehead atoms. The van der Waals surface area contributed by atoms with Gasteiger partial charge in [0.2, 0.25) is 0 Å². The second kappa shape index (κ2) is 3.30. The number of carbonyl (C=O) groups is 1. The van der Waals surface area contributed by atoms with Crippen LogP contribution in [0.3, 0.4) is 0 Å². The Balaban J connectivity index is 2.79. The number of nitrogens with zero attached hydrogens (tertiary/aromatic N) is 2. The third-order valence-corrected chi connectivity index (χ3v) is 1.45. The van der Waals surface area contributed by atoms with Crippen LogP contribution in [0.25, 0.3) is 0 Å². The van der Waals surface area contributed by atoms with Crippen molar-refractivity contribution in [2.45, 2.75) is 19.6 Å². The van der Waals surface area contributed by atoms with Crippen molar-refractivity contribution in [3.63, 3.8) is 0 Å².